The zero-order valence-corrected chi connectivity index (χ0v) is 11.3. The van der Waals surface area contributed by atoms with E-state index in [1.165, 1.54) is 11.3 Å². The minimum Gasteiger partial charge on any atom is -0.465 e. The van der Waals surface area contributed by atoms with Gasteiger partial charge in [-0.25, -0.2) is 4.98 Å². The first-order valence-electron chi connectivity index (χ1n) is 6.03. The van der Waals surface area contributed by atoms with Crippen LogP contribution in [0.4, 0.5) is 0 Å². The quantitative estimate of drug-likeness (QED) is 0.664. The van der Waals surface area contributed by atoms with Gasteiger partial charge < -0.3 is 4.42 Å². The summed E-state index contributed by atoms with van der Waals surface area (Å²) in [6.45, 7) is 0. The topological polar surface area (TPSA) is 49.8 Å². The normalized spacial score (nSPS) is 11.2. The van der Waals surface area contributed by atoms with E-state index in [0.717, 1.165) is 11.3 Å². The van der Waals surface area contributed by atoms with Crippen molar-refractivity contribution in [3.63, 3.8) is 0 Å². The average Bonchev–Trinajstić information content (AvgIpc) is 3.17. The molecule has 0 atom stereocenters. The van der Waals surface area contributed by atoms with Gasteiger partial charge in [0.25, 0.3) is 0 Å². The van der Waals surface area contributed by atoms with Gasteiger partial charge in [-0.1, -0.05) is 30.3 Å². The van der Waals surface area contributed by atoms with Gasteiger partial charge in [0, 0.05) is 17.0 Å². The van der Waals surface area contributed by atoms with Gasteiger partial charge in [0.05, 0.1) is 17.5 Å². The van der Waals surface area contributed by atoms with Crippen LogP contribution in [-0.2, 0) is 0 Å². The third-order valence-corrected chi connectivity index (χ3v) is 3.63. The molecule has 3 nitrogen and oxygen atoms in total. The van der Waals surface area contributed by atoms with Gasteiger partial charge >= 0.3 is 0 Å². The van der Waals surface area contributed by atoms with Crippen LogP contribution >= 0.6 is 11.3 Å². The Bertz CT molecular complexity index is 764. The highest BCUT2D eigenvalue weighted by Crippen LogP contribution is 2.26. The summed E-state index contributed by atoms with van der Waals surface area (Å²) in [5, 5.41) is 11.9. The third-order valence-electron chi connectivity index (χ3n) is 2.75. The van der Waals surface area contributed by atoms with E-state index in [1.54, 1.807) is 18.4 Å². The van der Waals surface area contributed by atoms with Gasteiger partial charge in [-0.05, 0) is 12.1 Å². The molecule has 0 fully saturated rings. The van der Waals surface area contributed by atoms with Gasteiger partial charge in [0.1, 0.15) is 16.8 Å². The van der Waals surface area contributed by atoms with E-state index in [1.807, 2.05) is 41.8 Å². The molecule has 0 aliphatic heterocycles. The fourth-order valence-electron chi connectivity index (χ4n) is 1.80. The van der Waals surface area contributed by atoms with Crippen molar-refractivity contribution in [1.29, 1.82) is 5.26 Å². The van der Waals surface area contributed by atoms with Crippen molar-refractivity contribution in [1.82, 2.24) is 4.98 Å². The van der Waals surface area contributed by atoms with Crippen LogP contribution in [0.1, 0.15) is 10.8 Å². The molecular weight excluding hydrogens is 268 g/mol. The van der Waals surface area contributed by atoms with E-state index in [0.29, 0.717) is 16.3 Å². The van der Waals surface area contributed by atoms with Gasteiger partial charge in [-0.15, -0.1) is 11.3 Å². The zero-order valence-electron chi connectivity index (χ0n) is 10.5. The van der Waals surface area contributed by atoms with Gasteiger partial charge in [-0.3, -0.25) is 0 Å². The summed E-state index contributed by atoms with van der Waals surface area (Å²) in [6.07, 6.45) is 3.28. The second-order valence-electron chi connectivity index (χ2n) is 4.09. The molecule has 4 heteroatoms. The standard InChI is InChI=1S/C16H10N2OS/c17-10-13(9-14-7-4-8-19-14)16-18-15(11-20-16)12-5-2-1-3-6-12/h1-9,11H/b13-9+. The van der Waals surface area contributed by atoms with Gasteiger partial charge in [0.15, 0.2) is 0 Å². The van der Waals surface area contributed by atoms with Gasteiger partial charge in [0.2, 0.25) is 0 Å². The molecule has 0 unspecified atom stereocenters. The van der Waals surface area contributed by atoms with Crippen molar-refractivity contribution in [2.24, 2.45) is 0 Å². The lowest BCUT2D eigenvalue weighted by atomic mass is 10.2. The van der Waals surface area contributed by atoms with Crippen LogP contribution in [0, 0.1) is 11.3 Å². The van der Waals surface area contributed by atoms with Crippen LogP contribution < -0.4 is 0 Å². The molecule has 0 saturated carbocycles. The van der Waals surface area contributed by atoms with Crippen molar-refractivity contribution in [3.05, 3.63) is 64.9 Å². The lowest BCUT2D eigenvalue weighted by Crippen LogP contribution is -1.82. The minimum atomic E-state index is 0.507. The van der Waals surface area contributed by atoms with E-state index in [9.17, 15) is 5.26 Å². The second kappa shape index (κ2) is 5.55. The predicted octanol–water partition coefficient (Wildman–Crippen LogP) is 4.47. The predicted molar refractivity (Wildman–Crippen MR) is 79.7 cm³/mol. The van der Waals surface area contributed by atoms with Crippen LogP contribution in [0.5, 0.6) is 0 Å². The number of allylic oxidation sites excluding steroid dienone is 1. The molecular formula is C16H10N2OS. The summed E-state index contributed by atoms with van der Waals surface area (Å²) < 4.78 is 5.23. The zero-order chi connectivity index (χ0) is 13.8. The molecule has 3 rings (SSSR count). The number of hydrogen-bond acceptors (Lipinski definition) is 4. The highest BCUT2D eigenvalue weighted by atomic mass is 32.1. The lowest BCUT2D eigenvalue weighted by molar-refractivity contribution is 0.557. The van der Waals surface area contributed by atoms with Crippen molar-refractivity contribution in [2.75, 3.05) is 0 Å². The number of furan rings is 1. The summed E-state index contributed by atoms with van der Waals surface area (Å²) in [4.78, 5) is 4.52. The number of aromatic nitrogens is 1. The number of nitrogens with zero attached hydrogens (tertiary/aromatic N) is 2. The van der Waals surface area contributed by atoms with Gasteiger partial charge in [-0.2, -0.15) is 5.26 Å². The summed E-state index contributed by atoms with van der Waals surface area (Å²) in [5.74, 6) is 0.651. The summed E-state index contributed by atoms with van der Waals surface area (Å²) >= 11 is 1.46. The van der Waals surface area contributed by atoms with Crippen molar-refractivity contribution in [3.8, 4) is 17.3 Å². The minimum absolute atomic E-state index is 0.507. The first-order chi connectivity index (χ1) is 9.86. The Labute approximate surface area is 120 Å². The maximum atomic E-state index is 9.26. The van der Waals surface area contributed by atoms with E-state index in [2.05, 4.69) is 11.1 Å². The third kappa shape index (κ3) is 2.53. The summed E-state index contributed by atoms with van der Waals surface area (Å²) in [6, 6.07) is 15.7. The fourth-order valence-corrected chi connectivity index (χ4v) is 2.59. The largest absolute Gasteiger partial charge is 0.465 e. The Morgan fingerprint density at radius 3 is 2.75 bits per heavy atom. The Kier molecular flexibility index (Phi) is 3.44. The van der Waals surface area contributed by atoms with Crippen molar-refractivity contribution < 1.29 is 4.42 Å². The highest BCUT2D eigenvalue weighted by molar-refractivity contribution is 7.11. The maximum absolute atomic E-state index is 9.26. The molecule has 2 aromatic heterocycles. The molecule has 0 aliphatic rings. The Hall–Kier alpha value is -2.64. The number of nitriles is 1. The number of benzene rings is 1. The Morgan fingerprint density at radius 1 is 1.20 bits per heavy atom. The second-order valence-corrected chi connectivity index (χ2v) is 4.95. The van der Waals surface area contributed by atoms with Crippen LogP contribution in [-0.4, -0.2) is 4.98 Å². The van der Waals surface area contributed by atoms with E-state index < -0.39 is 0 Å². The first-order valence-corrected chi connectivity index (χ1v) is 6.91. The molecule has 0 amide bonds. The average molecular weight is 278 g/mol. The molecule has 0 radical (unpaired) electrons. The molecule has 0 bridgehead atoms. The number of hydrogen-bond donors (Lipinski definition) is 0. The number of rotatable bonds is 3. The Morgan fingerprint density at radius 2 is 2.05 bits per heavy atom. The SMILES string of the molecule is N#C/C(=C\c1ccco1)c1nc(-c2ccccc2)cs1. The fraction of sp³-hybridized carbons (Fsp3) is 0. The maximum Gasteiger partial charge on any atom is 0.134 e. The molecule has 0 N–H and O–H groups in total. The Balaban J connectivity index is 1.95. The van der Waals surface area contributed by atoms with Crippen LogP contribution in [0.3, 0.4) is 0 Å². The molecule has 1 aromatic carbocycles. The van der Waals surface area contributed by atoms with E-state index in [4.69, 9.17) is 4.42 Å². The molecule has 3 aromatic rings. The van der Waals surface area contributed by atoms with Crippen molar-refractivity contribution in [2.45, 2.75) is 0 Å². The smallest absolute Gasteiger partial charge is 0.134 e. The van der Waals surface area contributed by atoms with E-state index >= 15 is 0 Å². The molecule has 96 valence electrons. The monoisotopic (exact) mass is 278 g/mol. The van der Waals surface area contributed by atoms with Crippen LogP contribution in [0.15, 0.2) is 58.5 Å². The summed E-state index contributed by atoms with van der Waals surface area (Å²) in [5.41, 5.74) is 2.43. The van der Waals surface area contributed by atoms with Crippen molar-refractivity contribution >= 4 is 23.0 Å². The first kappa shape index (κ1) is 12.4. The molecule has 0 saturated heterocycles. The molecule has 2 heterocycles. The number of thiazole rings is 1. The lowest BCUT2D eigenvalue weighted by Gasteiger charge is -1.94. The van der Waals surface area contributed by atoms with E-state index in [-0.39, 0.29) is 0 Å². The molecule has 0 aliphatic carbocycles. The van der Waals surface area contributed by atoms with Crippen LogP contribution in [0.25, 0.3) is 22.9 Å². The molecule has 20 heavy (non-hydrogen) atoms. The van der Waals surface area contributed by atoms with Crippen LogP contribution in [0.2, 0.25) is 0 Å². The molecule has 0 spiro atoms. The highest BCUT2D eigenvalue weighted by Gasteiger charge is 2.09. The summed E-state index contributed by atoms with van der Waals surface area (Å²) in [7, 11) is 0.